The molecule has 0 bridgehead atoms. The first-order chi connectivity index (χ1) is 9.35. The monoisotopic (exact) mass is 280 g/mol. The average molecular weight is 280 g/mol. The van der Waals surface area contributed by atoms with Crippen molar-refractivity contribution in [2.45, 2.75) is 45.8 Å². The molecule has 1 rings (SSSR count). The third kappa shape index (κ3) is 5.80. The van der Waals surface area contributed by atoms with E-state index in [1.54, 1.807) is 14.2 Å². The zero-order chi connectivity index (χ0) is 15.2. The third-order valence-electron chi connectivity index (χ3n) is 3.07. The summed E-state index contributed by atoms with van der Waals surface area (Å²) in [5.74, 6) is 1.67. The number of rotatable bonds is 7. The Morgan fingerprint density at radius 3 is 2.40 bits per heavy atom. The fourth-order valence-electron chi connectivity index (χ4n) is 1.81. The highest BCUT2D eigenvalue weighted by molar-refractivity contribution is 5.40. The van der Waals surface area contributed by atoms with Crippen LogP contribution >= 0.6 is 0 Å². The third-order valence-corrected chi connectivity index (χ3v) is 3.07. The van der Waals surface area contributed by atoms with E-state index >= 15 is 0 Å². The summed E-state index contributed by atoms with van der Waals surface area (Å²) in [6.07, 6.45) is 0. The van der Waals surface area contributed by atoms with Gasteiger partial charge in [-0.3, -0.25) is 0 Å². The molecule has 2 N–H and O–H groups in total. The van der Waals surface area contributed by atoms with Gasteiger partial charge in [-0.15, -0.1) is 0 Å². The maximum Gasteiger partial charge on any atom is 0.127 e. The predicted octanol–water partition coefficient (Wildman–Crippen LogP) is 2.57. The maximum atomic E-state index is 5.40. The molecular formula is C16H28N2O2. The number of benzene rings is 1. The zero-order valence-corrected chi connectivity index (χ0v) is 13.5. The second-order valence-corrected chi connectivity index (χ2v) is 6.09. The molecule has 1 atom stereocenters. The number of nitrogens with one attached hydrogen (secondary N) is 2. The Hall–Kier alpha value is -1.26. The normalized spacial score (nSPS) is 13.1. The van der Waals surface area contributed by atoms with Crippen molar-refractivity contribution >= 4 is 0 Å². The van der Waals surface area contributed by atoms with E-state index in [-0.39, 0.29) is 5.54 Å². The highest BCUT2D eigenvalue weighted by Crippen LogP contribution is 2.24. The Kier molecular flexibility index (Phi) is 6.30. The lowest BCUT2D eigenvalue weighted by Gasteiger charge is -2.24. The summed E-state index contributed by atoms with van der Waals surface area (Å²) in [4.78, 5) is 0. The van der Waals surface area contributed by atoms with Gasteiger partial charge in [-0.2, -0.15) is 0 Å². The van der Waals surface area contributed by atoms with Crippen molar-refractivity contribution in [3.05, 3.63) is 23.8 Å². The quantitative estimate of drug-likeness (QED) is 0.805. The first kappa shape index (κ1) is 16.8. The van der Waals surface area contributed by atoms with E-state index in [2.05, 4.69) is 38.3 Å². The first-order valence-electron chi connectivity index (χ1n) is 7.05. The van der Waals surface area contributed by atoms with Crippen LogP contribution in [0, 0.1) is 0 Å². The topological polar surface area (TPSA) is 42.5 Å². The van der Waals surface area contributed by atoms with Gasteiger partial charge in [0.1, 0.15) is 11.5 Å². The summed E-state index contributed by atoms with van der Waals surface area (Å²) in [6, 6.07) is 6.29. The molecule has 1 unspecified atom stereocenters. The van der Waals surface area contributed by atoms with E-state index in [1.165, 1.54) is 0 Å². The fourth-order valence-corrected chi connectivity index (χ4v) is 1.81. The highest BCUT2D eigenvalue weighted by Gasteiger charge is 2.11. The molecule has 1 aromatic carbocycles. The summed E-state index contributed by atoms with van der Waals surface area (Å²) in [5.41, 5.74) is 1.28. The fraction of sp³-hybridized carbons (Fsp3) is 0.625. The molecule has 0 heterocycles. The lowest BCUT2D eigenvalue weighted by atomic mass is 10.1. The molecule has 0 radical (unpaired) electrons. The Labute approximate surface area is 122 Å². The van der Waals surface area contributed by atoms with Crippen LogP contribution in [0.4, 0.5) is 0 Å². The van der Waals surface area contributed by atoms with Crippen molar-refractivity contribution in [3.63, 3.8) is 0 Å². The molecular weight excluding hydrogens is 252 g/mol. The molecule has 4 nitrogen and oxygen atoms in total. The molecule has 0 fully saturated rings. The van der Waals surface area contributed by atoms with Gasteiger partial charge >= 0.3 is 0 Å². The molecule has 1 aromatic rings. The SMILES string of the molecule is COc1ccc(CNC(C)CNC(C)(C)C)c(OC)c1. The van der Waals surface area contributed by atoms with E-state index < -0.39 is 0 Å². The van der Waals surface area contributed by atoms with Crippen LogP contribution in [0.2, 0.25) is 0 Å². The maximum absolute atomic E-state index is 5.40. The zero-order valence-electron chi connectivity index (χ0n) is 13.5. The molecule has 0 amide bonds. The van der Waals surface area contributed by atoms with Gasteiger partial charge in [-0.1, -0.05) is 6.07 Å². The van der Waals surface area contributed by atoms with E-state index in [1.807, 2.05) is 18.2 Å². The smallest absolute Gasteiger partial charge is 0.127 e. The minimum atomic E-state index is 0.147. The Bertz CT molecular complexity index is 413. The van der Waals surface area contributed by atoms with Crippen molar-refractivity contribution in [1.82, 2.24) is 10.6 Å². The van der Waals surface area contributed by atoms with Crippen LogP contribution in [0.1, 0.15) is 33.3 Å². The molecule has 0 aliphatic heterocycles. The van der Waals surface area contributed by atoms with Crippen LogP contribution in [0.3, 0.4) is 0 Å². The van der Waals surface area contributed by atoms with E-state index in [4.69, 9.17) is 9.47 Å². The van der Waals surface area contributed by atoms with Crippen LogP contribution in [0.25, 0.3) is 0 Å². The van der Waals surface area contributed by atoms with Gasteiger partial charge < -0.3 is 20.1 Å². The molecule has 20 heavy (non-hydrogen) atoms. The van der Waals surface area contributed by atoms with Gasteiger partial charge in [0.15, 0.2) is 0 Å². The summed E-state index contributed by atoms with van der Waals surface area (Å²) in [5, 5.41) is 6.99. The van der Waals surface area contributed by atoms with Crippen molar-refractivity contribution in [2.75, 3.05) is 20.8 Å². The minimum Gasteiger partial charge on any atom is -0.497 e. The van der Waals surface area contributed by atoms with Gasteiger partial charge in [-0.05, 0) is 33.8 Å². The standard InChI is InChI=1S/C16H28N2O2/c1-12(10-18-16(2,3)4)17-11-13-7-8-14(19-5)9-15(13)20-6/h7-9,12,17-18H,10-11H2,1-6H3. The second kappa shape index (κ2) is 7.50. The van der Waals surface area contributed by atoms with Crippen molar-refractivity contribution in [1.29, 1.82) is 0 Å². The van der Waals surface area contributed by atoms with E-state index in [9.17, 15) is 0 Å². The lowest BCUT2D eigenvalue weighted by Crippen LogP contribution is -2.44. The van der Waals surface area contributed by atoms with Gasteiger partial charge in [0.05, 0.1) is 14.2 Å². The van der Waals surface area contributed by atoms with E-state index in [0.717, 1.165) is 30.2 Å². The summed E-state index contributed by atoms with van der Waals surface area (Å²) in [7, 11) is 3.34. The Morgan fingerprint density at radius 1 is 1.15 bits per heavy atom. The van der Waals surface area contributed by atoms with Gasteiger partial charge in [0.2, 0.25) is 0 Å². The average Bonchev–Trinajstić information content (AvgIpc) is 2.41. The number of hydrogen-bond acceptors (Lipinski definition) is 4. The summed E-state index contributed by atoms with van der Waals surface area (Å²) >= 11 is 0. The van der Waals surface area contributed by atoms with Crippen LogP contribution in [-0.2, 0) is 6.54 Å². The summed E-state index contributed by atoms with van der Waals surface area (Å²) < 4.78 is 10.6. The minimum absolute atomic E-state index is 0.147. The number of methoxy groups -OCH3 is 2. The first-order valence-corrected chi connectivity index (χ1v) is 7.05. The van der Waals surface area contributed by atoms with E-state index in [0.29, 0.717) is 6.04 Å². The van der Waals surface area contributed by atoms with Gasteiger partial charge in [-0.25, -0.2) is 0 Å². The molecule has 0 spiro atoms. The highest BCUT2D eigenvalue weighted by atomic mass is 16.5. The van der Waals surface area contributed by atoms with Crippen molar-refractivity contribution < 1.29 is 9.47 Å². The van der Waals surface area contributed by atoms with Crippen LogP contribution < -0.4 is 20.1 Å². The molecule has 0 aromatic heterocycles. The molecule has 114 valence electrons. The van der Waals surface area contributed by atoms with Crippen molar-refractivity contribution in [2.24, 2.45) is 0 Å². The Balaban J connectivity index is 2.52. The largest absolute Gasteiger partial charge is 0.497 e. The Morgan fingerprint density at radius 2 is 1.85 bits per heavy atom. The lowest BCUT2D eigenvalue weighted by molar-refractivity contribution is 0.377. The van der Waals surface area contributed by atoms with Crippen LogP contribution in [0.5, 0.6) is 11.5 Å². The van der Waals surface area contributed by atoms with Gasteiger partial charge in [0, 0.05) is 36.3 Å². The molecule has 4 heteroatoms. The van der Waals surface area contributed by atoms with Crippen LogP contribution in [0.15, 0.2) is 18.2 Å². The molecule has 0 saturated carbocycles. The second-order valence-electron chi connectivity index (χ2n) is 6.09. The summed E-state index contributed by atoms with van der Waals surface area (Å²) in [6.45, 7) is 10.4. The predicted molar refractivity (Wildman–Crippen MR) is 83.6 cm³/mol. The van der Waals surface area contributed by atoms with Gasteiger partial charge in [0.25, 0.3) is 0 Å². The molecule has 0 aliphatic carbocycles. The molecule has 0 aliphatic rings. The van der Waals surface area contributed by atoms with Crippen molar-refractivity contribution in [3.8, 4) is 11.5 Å². The number of ether oxygens (including phenoxy) is 2. The van der Waals surface area contributed by atoms with Crippen LogP contribution in [-0.4, -0.2) is 32.3 Å². The molecule has 0 saturated heterocycles. The number of hydrogen-bond donors (Lipinski definition) is 2.